The summed E-state index contributed by atoms with van der Waals surface area (Å²) < 4.78 is 1.38. The minimum Gasteiger partial charge on any atom is -0.324 e. The van der Waals surface area contributed by atoms with Crippen LogP contribution in [0.2, 0.25) is 0 Å². The van der Waals surface area contributed by atoms with E-state index in [1.54, 1.807) is 0 Å². The molecule has 0 aliphatic carbocycles. The zero-order chi connectivity index (χ0) is 21.4. The fourth-order valence-electron chi connectivity index (χ4n) is 3.55. The molecule has 152 valence electrons. The van der Waals surface area contributed by atoms with Crippen molar-refractivity contribution in [2.75, 3.05) is 5.32 Å². The van der Waals surface area contributed by atoms with Crippen LogP contribution in [0.3, 0.4) is 0 Å². The third kappa shape index (κ3) is 3.66. The van der Waals surface area contributed by atoms with Crippen molar-refractivity contribution in [1.82, 2.24) is 9.55 Å². The van der Waals surface area contributed by atoms with Gasteiger partial charge in [0.05, 0.1) is 11.7 Å². The van der Waals surface area contributed by atoms with Gasteiger partial charge < -0.3 is 5.32 Å². The first-order valence-electron chi connectivity index (χ1n) is 9.77. The number of hydrogen-bond donors (Lipinski definition) is 1. The quantitative estimate of drug-likeness (QED) is 0.508. The first-order valence-corrected chi connectivity index (χ1v) is 10.6. The molecule has 0 spiro atoms. The lowest BCUT2D eigenvalue weighted by atomic mass is 10.0. The first-order chi connectivity index (χ1) is 14.3. The molecule has 0 saturated heterocycles. The second kappa shape index (κ2) is 7.88. The summed E-state index contributed by atoms with van der Waals surface area (Å²) in [5, 5.41) is 3.48. The van der Waals surface area contributed by atoms with E-state index in [2.05, 4.69) is 10.3 Å². The molecule has 0 radical (unpaired) electrons. The molecule has 4 aromatic rings. The van der Waals surface area contributed by atoms with Crippen molar-refractivity contribution in [2.45, 2.75) is 34.2 Å². The predicted octanol–water partition coefficient (Wildman–Crippen LogP) is 5.00. The van der Waals surface area contributed by atoms with Crippen molar-refractivity contribution in [2.24, 2.45) is 0 Å². The van der Waals surface area contributed by atoms with E-state index in [-0.39, 0.29) is 18.0 Å². The van der Waals surface area contributed by atoms with Crippen LogP contribution >= 0.6 is 11.3 Å². The Balaban J connectivity index is 1.70. The largest absolute Gasteiger partial charge is 0.324 e. The highest BCUT2D eigenvalue weighted by molar-refractivity contribution is 7.19. The second-order valence-electron chi connectivity index (χ2n) is 7.55. The van der Waals surface area contributed by atoms with Crippen LogP contribution in [0.25, 0.3) is 21.3 Å². The van der Waals surface area contributed by atoms with E-state index in [4.69, 9.17) is 0 Å². The molecule has 5 nitrogen and oxygen atoms in total. The van der Waals surface area contributed by atoms with Crippen LogP contribution in [0.5, 0.6) is 0 Å². The van der Waals surface area contributed by atoms with Crippen LogP contribution in [0, 0.1) is 27.7 Å². The zero-order valence-corrected chi connectivity index (χ0v) is 18.3. The van der Waals surface area contributed by atoms with E-state index >= 15 is 0 Å². The van der Waals surface area contributed by atoms with Gasteiger partial charge in [-0.2, -0.15) is 0 Å². The minimum atomic E-state index is -0.254. The van der Waals surface area contributed by atoms with Crippen LogP contribution in [0.1, 0.15) is 21.6 Å². The number of nitrogens with one attached hydrogen (secondary N) is 1. The molecule has 0 saturated carbocycles. The number of anilines is 1. The van der Waals surface area contributed by atoms with Crippen LogP contribution in [0.15, 0.2) is 53.6 Å². The normalized spacial score (nSPS) is 11.1. The Bertz CT molecular complexity index is 1320. The van der Waals surface area contributed by atoms with Gasteiger partial charge in [0, 0.05) is 16.1 Å². The van der Waals surface area contributed by atoms with E-state index in [1.165, 1.54) is 22.2 Å². The van der Waals surface area contributed by atoms with E-state index in [1.807, 2.05) is 70.2 Å². The Morgan fingerprint density at radius 2 is 1.80 bits per heavy atom. The average Bonchev–Trinajstić information content (AvgIpc) is 3.05. The molecule has 2 aromatic heterocycles. The van der Waals surface area contributed by atoms with E-state index in [0.29, 0.717) is 10.2 Å². The van der Waals surface area contributed by atoms with Crippen LogP contribution < -0.4 is 10.9 Å². The molecule has 0 atom stereocenters. The number of amides is 1. The molecule has 0 unspecified atom stereocenters. The molecular formula is C24H23N3O2S. The highest BCUT2D eigenvalue weighted by atomic mass is 32.1. The second-order valence-corrected chi connectivity index (χ2v) is 8.76. The SMILES string of the molecule is Cc1ccc(-c2c(C)sc3ncn(CC(=O)Nc4cccc(C)c4C)c(=O)c23)cc1. The Labute approximate surface area is 179 Å². The Morgan fingerprint density at radius 1 is 1.07 bits per heavy atom. The number of benzene rings is 2. The molecule has 1 amide bonds. The highest BCUT2D eigenvalue weighted by Gasteiger charge is 2.18. The molecule has 6 heteroatoms. The van der Waals surface area contributed by atoms with Crippen molar-refractivity contribution >= 4 is 33.1 Å². The van der Waals surface area contributed by atoms with Gasteiger partial charge in [-0.25, -0.2) is 4.98 Å². The number of fused-ring (bicyclic) bond motifs is 1. The smallest absolute Gasteiger partial charge is 0.263 e. The maximum absolute atomic E-state index is 13.3. The van der Waals surface area contributed by atoms with Crippen LogP contribution in [-0.4, -0.2) is 15.5 Å². The van der Waals surface area contributed by atoms with Gasteiger partial charge in [-0.1, -0.05) is 42.0 Å². The number of carbonyl (C=O) groups is 1. The fraction of sp³-hybridized carbons (Fsp3) is 0.208. The van der Waals surface area contributed by atoms with Gasteiger partial charge in [-0.15, -0.1) is 11.3 Å². The van der Waals surface area contributed by atoms with Gasteiger partial charge in [0.1, 0.15) is 11.4 Å². The monoisotopic (exact) mass is 417 g/mol. The standard InChI is InChI=1S/C24H23N3O2S/c1-14-8-10-18(11-9-14)21-17(4)30-23-22(21)24(29)27(13-25-23)12-20(28)26-19-7-5-6-15(2)16(19)3/h5-11,13H,12H2,1-4H3,(H,26,28). The summed E-state index contributed by atoms with van der Waals surface area (Å²) in [6.45, 7) is 7.91. The number of rotatable bonds is 4. The number of aromatic nitrogens is 2. The van der Waals surface area contributed by atoms with Crippen molar-refractivity contribution in [3.8, 4) is 11.1 Å². The molecule has 1 N–H and O–H groups in total. The number of nitrogens with zero attached hydrogens (tertiary/aromatic N) is 2. The maximum atomic E-state index is 13.3. The highest BCUT2D eigenvalue weighted by Crippen LogP contribution is 2.35. The third-order valence-electron chi connectivity index (χ3n) is 5.39. The van der Waals surface area contributed by atoms with Crippen molar-refractivity contribution in [3.05, 3.63) is 80.7 Å². The lowest BCUT2D eigenvalue weighted by molar-refractivity contribution is -0.116. The minimum absolute atomic E-state index is 0.0859. The molecule has 0 aliphatic rings. The Kier molecular flexibility index (Phi) is 5.26. The molecule has 2 heterocycles. The van der Waals surface area contributed by atoms with Crippen molar-refractivity contribution in [1.29, 1.82) is 0 Å². The lowest BCUT2D eigenvalue weighted by Crippen LogP contribution is -2.28. The van der Waals surface area contributed by atoms with Crippen LogP contribution in [0.4, 0.5) is 5.69 Å². The summed E-state index contributed by atoms with van der Waals surface area (Å²) in [6, 6.07) is 13.9. The van der Waals surface area contributed by atoms with Gasteiger partial charge in [-0.3, -0.25) is 14.2 Å². The molecule has 0 fully saturated rings. The summed E-state index contributed by atoms with van der Waals surface area (Å²) in [7, 11) is 0. The van der Waals surface area contributed by atoms with Gasteiger partial charge >= 0.3 is 0 Å². The number of carbonyl (C=O) groups excluding carboxylic acids is 1. The third-order valence-corrected chi connectivity index (χ3v) is 6.40. The first kappa shape index (κ1) is 20.0. The molecular weight excluding hydrogens is 394 g/mol. The van der Waals surface area contributed by atoms with Gasteiger partial charge in [0.15, 0.2) is 0 Å². The number of aryl methyl sites for hydroxylation is 3. The molecule has 2 aromatic carbocycles. The molecule has 0 bridgehead atoms. The topological polar surface area (TPSA) is 64.0 Å². The van der Waals surface area contributed by atoms with Crippen LogP contribution in [-0.2, 0) is 11.3 Å². The summed E-state index contributed by atoms with van der Waals surface area (Å²) >= 11 is 1.50. The van der Waals surface area contributed by atoms with E-state index in [9.17, 15) is 9.59 Å². The summed E-state index contributed by atoms with van der Waals surface area (Å²) in [4.78, 5) is 32.1. The van der Waals surface area contributed by atoms with Gasteiger partial charge in [0.25, 0.3) is 5.56 Å². The summed E-state index contributed by atoms with van der Waals surface area (Å²) in [6.07, 6.45) is 1.46. The average molecular weight is 418 g/mol. The fourth-order valence-corrected chi connectivity index (χ4v) is 4.55. The molecule has 0 aliphatic heterocycles. The van der Waals surface area contributed by atoms with E-state index in [0.717, 1.165) is 38.4 Å². The Morgan fingerprint density at radius 3 is 2.53 bits per heavy atom. The molecule has 4 rings (SSSR count). The van der Waals surface area contributed by atoms with Crippen molar-refractivity contribution < 1.29 is 4.79 Å². The summed E-state index contributed by atoms with van der Waals surface area (Å²) in [5.41, 5.74) is 5.73. The van der Waals surface area contributed by atoms with Crippen molar-refractivity contribution in [3.63, 3.8) is 0 Å². The zero-order valence-electron chi connectivity index (χ0n) is 17.4. The lowest BCUT2D eigenvalue weighted by Gasteiger charge is -2.11. The van der Waals surface area contributed by atoms with Gasteiger partial charge in [0.2, 0.25) is 5.91 Å². The van der Waals surface area contributed by atoms with E-state index < -0.39 is 0 Å². The summed E-state index contributed by atoms with van der Waals surface area (Å²) in [5.74, 6) is -0.254. The number of thiophene rings is 1. The number of hydrogen-bond acceptors (Lipinski definition) is 4. The molecule has 30 heavy (non-hydrogen) atoms. The Hall–Kier alpha value is -3.25. The predicted molar refractivity (Wildman–Crippen MR) is 123 cm³/mol. The maximum Gasteiger partial charge on any atom is 0.263 e. The van der Waals surface area contributed by atoms with Gasteiger partial charge in [-0.05, 0) is 50.5 Å².